The molecule has 0 saturated carbocycles. The molecule has 0 aliphatic rings. The van der Waals surface area contributed by atoms with Crippen LogP contribution in [0, 0.1) is 0 Å². The molecule has 2 heteroatoms. The highest BCUT2D eigenvalue weighted by molar-refractivity contribution is 7.99. The maximum Gasteiger partial charge on any atom is 0.119 e. The molecular weight excluding hydrogens is 276 g/mol. The maximum absolute atomic E-state index is 10.2. The van der Waals surface area contributed by atoms with Gasteiger partial charge in [0.15, 0.2) is 0 Å². The fourth-order valence-corrected chi connectivity index (χ4v) is 3.60. The Morgan fingerprint density at radius 1 is 0.619 bits per heavy atom. The predicted molar refractivity (Wildman–Crippen MR) is 98.3 cm³/mol. The third kappa shape index (κ3) is 20.0. The summed E-state index contributed by atoms with van der Waals surface area (Å²) < 4.78 is 0. The molecular formula is C19H38OS. The highest BCUT2D eigenvalue weighted by atomic mass is 32.2. The Bertz CT molecular complexity index is 194. The molecule has 126 valence electrons. The smallest absolute Gasteiger partial charge is 0.119 e. The van der Waals surface area contributed by atoms with Crippen LogP contribution in [0.25, 0.3) is 0 Å². The summed E-state index contributed by atoms with van der Waals surface area (Å²) in [6.07, 6.45) is 21.3. The van der Waals surface area contributed by atoms with E-state index < -0.39 is 0 Å². The predicted octanol–water partition coefficient (Wildman–Crippen LogP) is 6.79. The van der Waals surface area contributed by atoms with Gasteiger partial charge in [-0.15, -0.1) is 0 Å². The van der Waals surface area contributed by atoms with Crippen molar-refractivity contribution in [2.75, 3.05) is 11.5 Å². The van der Waals surface area contributed by atoms with Crippen LogP contribution in [-0.2, 0) is 4.79 Å². The molecule has 21 heavy (non-hydrogen) atoms. The molecule has 0 heterocycles. The lowest BCUT2D eigenvalue weighted by Gasteiger charge is -2.03. The van der Waals surface area contributed by atoms with E-state index in [1.54, 1.807) is 0 Å². The van der Waals surface area contributed by atoms with Crippen LogP contribution in [0.2, 0.25) is 0 Å². The lowest BCUT2D eigenvalue weighted by Crippen LogP contribution is -1.87. The topological polar surface area (TPSA) is 17.1 Å². The van der Waals surface area contributed by atoms with E-state index in [2.05, 4.69) is 18.7 Å². The lowest BCUT2D eigenvalue weighted by atomic mass is 10.1. The summed E-state index contributed by atoms with van der Waals surface area (Å²) in [5, 5.41) is 0. The summed E-state index contributed by atoms with van der Waals surface area (Å²) in [7, 11) is 0. The monoisotopic (exact) mass is 314 g/mol. The minimum Gasteiger partial charge on any atom is -0.303 e. The summed E-state index contributed by atoms with van der Waals surface area (Å²) in [5.74, 6) is 2.56. The Balaban J connectivity index is 2.91. The molecule has 0 saturated heterocycles. The van der Waals surface area contributed by atoms with E-state index >= 15 is 0 Å². The first-order valence-corrected chi connectivity index (χ1v) is 10.6. The molecule has 0 atom stereocenters. The van der Waals surface area contributed by atoms with E-state index in [4.69, 9.17) is 0 Å². The molecule has 0 unspecified atom stereocenters. The van der Waals surface area contributed by atoms with E-state index in [0.29, 0.717) is 0 Å². The van der Waals surface area contributed by atoms with Gasteiger partial charge in [-0.25, -0.2) is 0 Å². The molecule has 0 aromatic carbocycles. The van der Waals surface area contributed by atoms with Crippen LogP contribution in [-0.4, -0.2) is 17.8 Å². The van der Waals surface area contributed by atoms with Crippen molar-refractivity contribution in [1.29, 1.82) is 0 Å². The summed E-state index contributed by atoms with van der Waals surface area (Å²) in [5.41, 5.74) is 0. The molecule has 0 N–H and O–H groups in total. The summed E-state index contributed by atoms with van der Waals surface area (Å²) in [4.78, 5) is 10.2. The zero-order chi connectivity index (χ0) is 15.4. The second-order valence-corrected chi connectivity index (χ2v) is 7.39. The summed E-state index contributed by atoms with van der Waals surface area (Å²) in [6.45, 7) is 2.28. The van der Waals surface area contributed by atoms with E-state index in [9.17, 15) is 4.79 Å². The molecule has 0 fully saturated rings. The normalized spacial score (nSPS) is 10.9. The highest BCUT2D eigenvalue weighted by Crippen LogP contribution is 2.13. The van der Waals surface area contributed by atoms with Crippen LogP contribution in [0.1, 0.15) is 103 Å². The van der Waals surface area contributed by atoms with Gasteiger partial charge in [-0.2, -0.15) is 11.8 Å². The Hall–Kier alpha value is 0.0200. The van der Waals surface area contributed by atoms with Gasteiger partial charge in [0.05, 0.1) is 0 Å². The number of unbranched alkanes of at least 4 members (excludes halogenated alkanes) is 13. The fourth-order valence-electron chi connectivity index (χ4n) is 2.58. The van der Waals surface area contributed by atoms with Gasteiger partial charge in [-0.3, -0.25) is 0 Å². The molecule has 0 amide bonds. The number of hydrogen-bond donors (Lipinski definition) is 0. The van der Waals surface area contributed by atoms with Crippen molar-refractivity contribution in [3.05, 3.63) is 0 Å². The van der Waals surface area contributed by atoms with E-state index in [-0.39, 0.29) is 0 Å². The van der Waals surface area contributed by atoms with Crippen LogP contribution in [0.3, 0.4) is 0 Å². The molecule has 0 rings (SSSR count). The van der Waals surface area contributed by atoms with Gasteiger partial charge in [-0.05, 0) is 30.8 Å². The van der Waals surface area contributed by atoms with Crippen LogP contribution < -0.4 is 0 Å². The quantitative estimate of drug-likeness (QED) is 0.205. The van der Waals surface area contributed by atoms with E-state index in [1.807, 2.05) is 0 Å². The third-order valence-electron chi connectivity index (χ3n) is 4.00. The lowest BCUT2D eigenvalue weighted by molar-refractivity contribution is -0.107. The summed E-state index contributed by atoms with van der Waals surface area (Å²) >= 11 is 2.07. The zero-order valence-electron chi connectivity index (χ0n) is 14.4. The van der Waals surface area contributed by atoms with Crippen molar-refractivity contribution in [2.45, 2.75) is 103 Å². The van der Waals surface area contributed by atoms with Gasteiger partial charge in [0.25, 0.3) is 0 Å². The van der Waals surface area contributed by atoms with Crippen LogP contribution >= 0.6 is 11.8 Å². The number of hydrogen-bond acceptors (Lipinski definition) is 2. The van der Waals surface area contributed by atoms with Crippen LogP contribution in [0.5, 0.6) is 0 Å². The number of rotatable bonds is 18. The second kappa shape index (κ2) is 20.0. The van der Waals surface area contributed by atoms with Crippen molar-refractivity contribution in [3.8, 4) is 0 Å². The van der Waals surface area contributed by atoms with Crippen molar-refractivity contribution in [2.24, 2.45) is 0 Å². The SMILES string of the molecule is CCCCCCCCCCCCCCSCCCCC=O. The molecule has 0 aromatic heterocycles. The molecule has 0 aliphatic heterocycles. The largest absolute Gasteiger partial charge is 0.303 e. The minimum atomic E-state index is 0.749. The summed E-state index contributed by atoms with van der Waals surface area (Å²) in [6, 6.07) is 0. The van der Waals surface area contributed by atoms with Gasteiger partial charge in [0.1, 0.15) is 6.29 Å². The maximum atomic E-state index is 10.2. The van der Waals surface area contributed by atoms with Gasteiger partial charge in [0.2, 0.25) is 0 Å². The Labute approximate surface area is 138 Å². The van der Waals surface area contributed by atoms with Gasteiger partial charge in [0, 0.05) is 6.42 Å². The minimum absolute atomic E-state index is 0.749. The van der Waals surface area contributed by atoms with E-state index in [0.717, 1.165) is 19.1 Å². The molecule has 1 nitrogen and oxygen atoms in total. The fraction of sp³-hybridized carbons (Fsp3) is 0.947. The van der Waals surface area contributed by atoms with E-state index in [1.165, 1.54) is 95.0 Å². The van der Waals surface area contributed by atoms with Crippen molar-refractivity contribution in [1.82, 2.24) is 0 Å². The Morgan fingerprint density at radius 2 is 1.05 bits per heavy atom. The second-order valence-electron chi connectivity index (χ2n) is 6.16. The van der Waals surface area contributed by atoms with Crippen LogP contribution in [0.15, 0.2) is 0 Å². The Kier molecular flexibility index (Phi) is 20.0. The molecule has 0 aromatic rings. The number of carbonyl (C=O) groups excluding carboxylic acids is 1. The number of thioether (sulfide) groups is 1. The molecule has 0 aliphatic carbocycles. The molecule has 0 bridgehead atoms. The van der Waals surface area contributed by atoms with Crippen molar-refractivity contribution >= 4 is 18.0 Å². The van der Waals surface area contributed by atoms with Gasteiger partial charge >= 0.3 is 0 Å². The highest BCUT2D eigenvalue weighted by Gasteiger charge is 1.94. The first-order valence-electron chi connectivity index (χ1n) is 9.43. The first-order chi connectivity index (χ1) is 10.4. The first kappa shape index (κ1) is 21.0. The molecule has 0 radical (unpaired) electrons. The van der Waals surface area contributed by atoms with Gasteiger partial charge < -0.3 is 4.79 Å². The van der Waals surface area contributed by atoms with Crippen LogP contribution in [0.4, 0.5) is 0 Å². The third-order valence-corrected chi connectivity index (χ3v) is 5.16. The number of aldehydes is 1. The van der Waals surface area contributed by atoms with Crippen molar-refractivity contribution < 1.29 is 4.79 Å². The van der Waals surface area contributed by atoms with Crippen molar-refractivity contribution in [3.63, 3.8) is 0 Å². The standard InChI is InChI=1S/C19H38OS/c1-2-3-4-5-6-7-8-9-10-11-12-15-18-21-19-16-13-14-17-20/h17H,2-16,18-19H2,1H3. The number of carbonyl (C=O) groups is 1. The Morgan fingerprint density at radius 3 is 1.52 bits per heavy atom. The van der Waals surface area contributed by atoms with Gasteiger partial charge in [-0.1, -0.05) is 77.6 Å². The zero-order valence-corrected chi connectivity index (χ0v) is 15.2. The molecule has 0 spiro atoms. The average molecular weight is 315 g/mol. The average Bonchev–Trinajstić information content (AvgIpc) is 2.50.